The summed E-state index contributed by atoms with van der Waals surface area (Å²) < 4.78 is 15.3. The molecule has 6 nitrogen and oxygen atoms in total. The SMILES string of the molecule is N#CC(=Cc1ccoc1)C(=O)Nc1ccc2c(c1)OCO2. The summed E-state index contributed by atoms with van der Waals surface area (Å²) in [4.78, 5) is 12.1. The zero-order valence-corrected chi connectivity index (χ0v) is 10.8. The number of amides is 1. The van der Waals surface area contributed by atoms with E-state index in [1.165, 1.54) is 18.6 Å². The third kappa shape index (κ3) is 2.72. The maximum absolute atomic E-state index is 12.1. The van der Waals surface area contributed by atoms with Crippen molar-refractivity contribution in [1.82, 2.24) is 0 Å². The van der Waals surface area contributed by atoms with Crippen LogP contribution >= 0.6 is 0 Å². The Kier molecular flexibility index (Phi) is 3.31. The lowest BCUT2D eigenvalue weighted by Gasteiger charge is -2.05. The van der Waals surface area contributed by atoms with Crippen LogP contribution in [0.2, 0.25) is 0 Å². The second kappa shape index (κ2) is 5.43. The molecule has 1 N–H and O–H groups in total. The molecule has 2 aromatic rings. The van der Waals surface area contributed by atoms with Crippen molar-refractivity contribution in [2.24, 2.45) is 0 Å². The van der Waals surface area contributed by atoms with E-state index in [-0.39, 0.29) is 12.4 Å². The van der Waals surface area contributed by atoms with E-state index in [1.807, 2.05) is 6.07 Å². The van der Waals surface area contributed by atoms with Crippen LogP contribution in [0, 0.1) is 11.3 Å². The van der Waals surface area contributed by atoms with Gasteiger partial charge in [-0.05, 0) is 24.3 Å². The van der Waals surface area contributed by atoms with E-state index in [1.54, 1.807) is 24.3 Å². The number of hydrogen-bond acceptors (Lipinski definition) is 5. The summed E-state index contributed by atoms with van der Waals surface area (Å²) >= 11 is 0. The van der Waals surface area contributed by atoms with Gasteiger partial charge in [0.2, 0.25) is 6.79 Å². The van der Waals surface area contributed by atoms with Gasteiger partial charge in [0.25, 0.3) is 5.91 Å². The Morgan fingerprint density at radius 1 is 1.29 bits per heavy atom. The van der Waals surface area contributed by atoms with E-state index >= 15 is 0 Å². The smallest absolute Gasteiger partial charge is 0.266 e. The second-order valence-electron chi connectivity index (χ2n) is 4.25. The molecule has 1 aromatic carbocycles. The van der Waals surface area contributed by atoms with E-state index < -0.39 is 5.91 Å². The van der Waals surface area contributed by atoms with Crippen LogP contribution in [0.3, 0.4) is 0 Å². The summed E-state index contributed by atoms with van der Waals surface area (Å²) in [7, 11) is 0. The van der Waals surface area contributed by atoms with Crippen molar-refractivity contribution in [1.29, 1.82) is 5.26 Å². The molecule has 104 valence electrons. The molecule has 1 aromatic heterocycles. The largest absolute Gasteiger partial charge is 0.472 e. The summed E-state index contributed by atoms with van der Waals surface area (Å²) in [5, 5.41) is 11.7. The highest BCUT2D eigenvalue weighted by molar-refractivity contribution is 6.09. The van der Waals surface area contributed by atoms with Crippen LogP contribution in [-0.4, -0.2) is 12.7 Å². The first-order valence-electron chi connectivity index (χ1n) is 6.11. The van der Waals surface area contributed by atoms with Crippen molar-refractivity contribution in [3.05, 3.63) is 47.9 Å². The van der Waals surface area contributed by atoms with Crippen LogP contribution in [0.4, 0.5) is 5.69 Å². The highest BCUT2D eigenvalue weighted by atomic mass is 16.7. The average Bonchev–Trinajstić information content (AvgIpc) is 3.15. The minimum atomic E-state index is -0.502. The fourth-order valence-electron chi connectivity index (χ4n) is 1.85. The molecular weight excluding hydrogens is 272 g/mol. The minimum absolute atomic E-state index is 0.0194. The van der Waals surface area contributed by atoms with E-state index in [0.717, 1.165) is 0 Å². The number of rotatable bonds is 3. The number of fused-ring (bicyclic) bond motifs is 1. The van der Waals surface area contributed by atoms with Gasteiger partial charge < -0.3 is 19.2 Å². The zero-order valence-electron chi connectivity index (χ0n) is 10.8. The highest BCUT2D eigenvalue weighted by Crippen LogP contribution is 2.34. The number of carbonyl (C=O) groups excluding carboxylic acids is 1. The van der Waals surface area contributed by atoms with E-state index in [9.17, 15) is 4.79 Å². The standard InChI is InChI=1S/C15H10N2O4/c16-7-11(5-10-3-4-19-8-10)15(18)17-12-1-2-13-14(6-12)21-9-20-13/h1-6,8H,9H2,(H,17,18). The lowest BCUT2D eigenvalue weighted by molar-refractivity contribution is -0.112. The lowest BCUT2D eigenvalue weighted by Crippen LogP contribution is -2.13. The van der Waals surface area contributed by atoms with Crippen LogP contribution in [0.5, 0.6) is 11.5 Å². The molecule has 0 spiro atoms. The predicted octanol–water partition coefficient (Wildman–Crippen LogP) is 2.55. The molecule has 0 unspecified atom stereocenters. The number of ether oxygens (including phenoxy) is 2. The number of nitrogens with zero attached hydrogens (tertiary/aromatic N) is 1. The Morgan fingerprint density at radius 2 is 2.14 bits per heavy atom. The van der Waals surface area contributed by atoms with Gasteiger partial charge in [-0.15, -0.1) is 0 Å². The van der Waals surface area contributed by atoms with Crippen LogP contribution in [-0.2, 0) is 4.79 Å². The topological polar surface area (TPSA) is 84.5 Å². The normalized spacial score (nSPS) is 12.8. The first kappa shape index (κ1) is 12.8. The number of nitrogens with one attached hydrogen (secondary N) is 1. The van der Waals surface area contributed by atoms with Crippen molar-refractivity contribution < 1.29 is 18.7 Å². The van der Waals surface area contributed by atoms with Gasteiger partial charge in [0.1, 0.15) is 11.6 Å². The van der Waals surface area contributed by atoms with Crippen molar-refractivity contribution >= 4 is 17.7 Å². The number of anilines is 1. The molecule has 0 saturated carbocycles. The van der Waals surface area contributed by atoms with Crippen molar-refractivity contribution in [3.63, 3.8) is 0 Å². The number of furan rings is 1. The molecule has 2 heterocycles. The molecule has 0 fully saturated rings. The average molecular weight is 282 g/mol. The molecule has 0 bridgehead atoms. The van der Waals surface area contributed by atoms with E-state index in [2.05, 4.69) is 5.32 Å². The lowest BCUT2D eigenvalue weighted by atomic mass is 10.2. The molecule has 0 radical (unpaired) electrons. The first-order chi connectivity index (χ1) is 10.3. The fourth-order valence-corrected chi connectivity index (χ4v) is 1.85. The number of benzene rings is 1. The summed E-state index contributed by atoms with van der Waals surface area (Å²) in [6.07, 6.45) is 4.37. The number of hydrogen-bond donors (Lipinski definition) is 1. The van der Waals surface area contributed by atoms with Crippen LogP contribution in [0.15, 0.2) is 46.8 Å². The van der Waals surface area contributed by atoms with Crippen molar-refractivity contribution in [2.45, 2.75) is 0 Å². The first-order valence-corrected chi connectivity index (χ1v) is 6.11. The van der Waals surface area contributed by atoms with Gasteiger partial charge >= 0.3 is 0 Å². The maximum Gasteiger partial charge on any atom is 0.266 e. The molecule has 1 aliphatic rings. The Hall–Kier alpha value is -3.20. The molecule has 0 aliphatic carbocycles. The highest BCUT2D eigenvalue weighted by Gasteiger charge is 2.15. The third-order valence-electron chi connectivity index (χ3n) is 2.85. The third-order valence-corrected chi connectivity index (χ3v) is 2.85. The van der Waals surface area contributed by atoms with Crippen molar-refractivity contribution in [3.8, 4) is 17.6 Å². The summed E-state index contributed by atoms with van der Waals surface area (Å²) in [5.74, 6) is 0.685. The molecule has 21 heavy (non-hydrogen) atoms. The van der Waals surface area contributed by atoms with Gasteiger partial charge in [0.15, 0.2) is 11.5 Å². The Balaban J connectivity index is 1.78. The fraction of sp³-hybridized carbons (Fsp3) is 0.0667. The molecule has 1 amide bonds. The number of nitriles is 1. The number of carbonyl (C=O) groups is 1. The van der Waals surface area contributed by atoms with Gasteiger partial charge in [-0.25, -0.2) is 0 Å². The van der Waals surface area contributed by atoms with Gasteiger partial charge in [-0.3, -0.25) is 4.79 Å². The van der Waals surface area contributed by atoms with Crippen LogP contribution in [0.1, 0.15) is 5.56 Å². The van der Waals surface area contributed by atoms with E-state index in [0.29, 0.717) is 22.7 Å². The summed E-state index contributed by atoms with van der Waals surface area (Å²) in [6, 6.07) is 8.55. The van der Waals surface area contributed by atoms with Crippen LogP contribution < -0.4 is 14.8 Å². The Morgan fingerprint density at radius 3 is 2.90 bits per heavy atom. The van der Waals surface area contributed by atoms with Gasteiger partial charge in [-0.2, -0.15) is 5.26 Å². The van der Waals surface area contributed by atoms with Crippen molar-refractivity contribution in [2.75, 3.05) is 12.1 Å². The Bertz CT molecular complexity index is 742. The van der Waals surface area contributed by atoms with Gasteiger partial charge in [0.05, 0.1) is 12.5 Å². The summed E-state index contributed by atoms with van der Waals surface area (Å²) in [6.45, 7) is 0.163. The minimum Gasteiger partial charge on any atom is -0.472 e. The van der Waals surface area contributed by atoms with E-state index in [4.69, 9.17) is 19.2 Å². The predicted molar refractivity (Wildman–Crippen MR) is 73.5 cm³/mol. The van der Waals surface area contributed by atoms with Gasteiger partial charge in [0, 0.05) is 17.3 Å². The Labute approximate surface area is 120 Å². The monoisotopic (exact) mass is 282 g/mol. The molecular formula is C15H10N2O4. The quantitative estimate of drug-likeness (QED) is 0.690. The second-order valence-corrected chi connectivity index (χ2v) is 4.25. The zero-order chi connectivity index (χ0) is 14.7. The molecule has 0 atom stereocenters. The summed E-state index contributed by atoms with van der Waals surface area (Å²) in [5.41, 5.74) is 1.15. The molecule has 6 heteroatoms. The molecule has 3 rings (SSSR count). The molecule has 0 saturated heterocycles. The maximum atomic E-state index is 12.1. The van der Waals surface area contributed by atoms with Gasteiger partial charge in [-0.1, -0.05) is 0 Å². The molecule has 1 aliphatic heterocycles. The van der Waals surface area contributed by atoms with Crippen LogP contribution in [0.25, 0.3) is 6.08 Å².